The highest BCUT2D eigenvalue weighted by atomic mass is 14.6. The second-order valence-electron chi connectivity index (χ2n) is 10.0. The van der Waals surface area contributed by atoms with Crippen LogP contribution in [0.4, 0.5) is 0 Å². The van der Waals surface area contributed by atoms with Gasteiger partial charge in [-0.25, -0.2) is 0 Å². The molecule has 7 atom stereocenters. The van der Waals surface area contributed by atoms with Gasteiger partial charge in [0.05, 0.1) is 0 Å². The summed E-state index contributed by atoms with van der Waals surface area (Å²) < 4.78 is 0. The van der Waals surface area contributed by atoms with Crippen molar-refractivity contribution in [1.29, 1.82) is 0 Å². The highest BCUT2D eigenvalue weighted by Gasteiger charge is 2.59. The average molecular weight is 393 g/mol. The van der Waals surface area contributed by atoms with Gasteiger partial charge in [-0.3, -0.25) is 0 Å². The maximum absolute atomic E-state index is 2.72. The normalized spacial score (nSPS) is 43.4. The van der Waals surface area contributed by atoms with Crippen molar-refractivity contribution in [2.75, 3.05) is 0 Å². The summed E-state index contributed by atoms with van der Waals surface area (Å²) in [5, 5.41) is 0. The van der Waals surface area contributed by atoms with E-state index in [-0.39, 0.29) is 0 Å². The monoisotopic (exact) mass is 392 g/mol. The van der Waals surface area contributed by atoms with E-state index in [1.54, 1.807) is 51.4 Å². The fraction of sp³-hybridized carbons (Fsp3) is 1.00. The molecule has 0 radical (unpaired) electrons. The lowest BCUT2D eigenvalue weighted by atomic mass is 9.45. The summed E-state index contributed by atoms with van der Waals surface area (Å²) in [5.41, 5.74) is 1.44. The van der Waals surface area contributed by atoms with E-state index in [9.17, 15) is 0 Å². The molecule has 0 heteroatoms. The van der Waals surface area contributed by atoms with E-state index in [4.69, 9.17) is 0 Å². The Labute approximate surface area is 180 Å². The molecule has 0 heterocycles. The molecule has 28 heavy (non-hydrogen) atoms. The number of hydrogen-bond acceptors (Lipinski definition) is 0. The summed E-state index contributed by atoms with van der Waals surface area (Å²) in [6, 6.07) is 0. The Morgan fingerprint density at radius 2 is 1.29 bits per heavy atom. The third-order valence-electron chi connectivity index (χ3n) is 9.42. The molecule has 4 aliphatic rings. The minimum absolute atomic E-state index is 0.717. The van der Waals surface area contributed by atoms with Crippen molar-refractivity contribution in [3.8, 4) is 0 Å². The Bertz CT molecular complexity index is 412. The Balaban J connectivity index is 0.000000599. The molecule has 0 spiro atoms. The van der Waals surface area contributed by atoms with Crippen molar-refractivity contribution < 1.29 is 0 Å². The summed E-state index contributed by atoms with van der Waals surface area (Å²) in [6.45, 7) is 19.8. The lowest BCUT2D eigenvalue weighted by molar-refractivity contribution is -0.111. The van der Waals surface area contributed by atoms with Crippen LogP contribution < -0.4 is 0 Å². The van der Waals surface area contributed by atoms with E-state index in [1.807, 2.05) is 41.5 Å². The molecular formula is C28H56. The van der Waals surface area contributed by atoms with Crippen molar-refractivity contribution in [3.63, 3.8) is 0 Å². The Morgan fingerprint density at radius 1 is 0.643 bits per heavy atom. The predicted molar refractivity (Wildman–Crippen MR) is 129 cm³/mol. The highest BCUT2D eigenvalue weighted by Crippen LogP contribution is 2.67. The summed E-state index contributed by atoms with van der Waals surface area (Å²) in [5.74, 6) is 5.41. The van der Waals surface area contributed by atoms with Gasteiger partial charge in [-0.1, -0.05) is 88.0 Å². The van der Waals surface area contributed by atoms with E-state index < -0.39 is 0 Å². The van der Waals surface area contributed by atoms with Crippen LogP contribution in [0.2, 0.25) is 0 Å². The first-order chi connectivity index (χ1) is 13.6. The topological polar surface area (TPSA) is 0 Å². The molecule has 4 fully saturated rings. The molecule has 168 valence electrons. The van der Waals surface area contributed by atoms with Gasteiger partial charge in [0, 0.05) is 0 Å². The van der Waals surface area contributed by atoms with Gasteiger partial charge >= 0.3 is 0 Å². The molecule has 0 aromatic carbocycles. The first-order valence-corrected chi connectivity index (χ1v) is 13.6. The molecule has 4 saturated carbocycles. The molecule has 0 amide bonds. The van der Waals surface area contributed by atoms with Crippen molar-refractivity contribution in [3.05, 3.63) is 0 Å². The van der Waals surface area contributed by atoms with Gasteiger partial charge in [0.15, 0.2) is 0 Å². The predicted octanol–water partition coefficient (Wildman–Crippen LogP) is 9.91. The van der Waals surface area contributed by atoms with E-state index >= 15 is 0 Å². The second kappa shape index (κ2) is 12.0. The average Bonchev–Trinajstić information content (AvgIpc) is 3.09. The van der Waals surface area contributed by atoms with Crippen molar-refractivity contribution in [1.82, 2.24) is 0 Å². The van der Waals surface area contributed by atoms with Gasteiger partial charge in [-0.05, 0) is 91.8 Å². The molecule has 7 unspecified atom stereocenters. The van der Waals surface area contributed by atoms with Crippen LogP contribution >= 0.6 is 0 Å². The molecule has 0 aromatic rings. The van der Waals surface area contributed by atoms with Crippen LogP contribution in [0.5, 0.6) is 0 Å². The van der Waals surface area contributed by atoms with Crippen LogP contribution in [0, 0.1) is 40.4 Å². The van der Waals surface area contributed by atoms with Gasteiger partial charge in [0.25, 0.3) is 0 Å². The van der Waals surface area contributed by atoms with Crippen molar-refractivity contribution >= 4 is 0 Å². The first kappa shape index (κ1) is 26.0. The highest BCUT2D eigenvalue weighted by molar-refractivity contribution is 5.08. The minimum Gasteiger partial charge on any atom is -0.0683 e. The summed E-state index contributed by atoms with van der Waals surface area (Å²) >= 11 is 0. The third kappa shape index (κ3) is 4.67. The number of fused-ring (bicyclic) bond motifs is 5. The zero-order valence-electron chi connectivity index (χ0n) is 21.4. The van der Waals surface area contributed by atoms with E-state index in [0.717, 1.165) is 40.4 Å². The van der Waals surface area contributed by atoms with Crippen LogP contribution in [0.1, 0.15) is 139 Å². The van der Waals surface area contributed by atoms with Crippen molar-refractivity contribution in [2.24, 2.45) is 40.4 Å². The molecule has 0 nitrogen and oxygen atoms in total. The van der Waals surface area contributed by atoms with Gasteiger partial charge in [0.1, 0.15) is 0 Å². The maximum atomic E-state index is 2.72. The molecule has 0 aromatic heterocycles. The largest absolute Gasteiger partial charge is 0.0683 e. The quantitative estimate of drug-likeness (QED) is 0.438. The van der Waals surface area contributed by atoms with Gasteiger partial charge < -0.3 is 0 Å². The number of hydrogen-bond donors (Lipinski definition) is 0. The van der Waals surface area contributed by atoms with Gasteiger partial charge in [-0.15, -0.1) is 0 Å². The molecule has 4 aliphatic carbocycles. The van der Waals surface area contributed by atoms with E-state index in [1.165, 1.54) is 25.7 Å². The maximum Gasteiger partial charge on any atom is -0.0266 e. The van der Waals surface area contributed by atoms with Crippen LogP contribution in [0.15, 0.2) is 0 Å². The third-order valence-corrected chi connectivity index (χ3v) is 9.42. The Hall–Kier alpha value is 0. The fourth-order valence-corrected chi connectivity index (χ4v) is 8.23. The summed E-state index contributed by atoms with van der Waals surface area (Å²) in [6.07, 6.45) is 18.5. The Kier molecular flexibility index (Phi) is 11.2. The smallest absolute Gasteiger partial charge is 0.0266 e. The van der Waals surface area contributed by atoms with Crippen LogP contribution in [-0.4, -0.2) is 0 Å². The number of rotatable bonds is 2. The molecular weight excluding hydrogens is 336 g/mol. The van der Waals surface area contributed by atoms with E-state index in [2.05, 4.69) is 20.8 Å². The molecule has 0 bridgehead atoms. The molecule has 0 N–H and O–H groups in total. The zero-order valence-corrected chi connectivity index (χ0v) is 21.4. The van der Waals surface area contributed by atoms with Crippen LogP contribution in [0.3, 0.4) is 0 Å². The van der Waals surface area contributed by atoms with Crippen molar-refractivity contribution in [2.45, 2.75) is 139 Å². The molecule has 0 saturated heterocycles. The van der Waals surface area contributed by atoms with Gasteiger partial charge in [0.2, 0.25) is 0 Å². The fourth-order valence-electron chi connectivity index (χ4n) is 8.23. The lowest BCUT2D eigenvalue weighted by Crippen LogP contribution is -2.52. The van der Waals surface area contributed by atoms with E-state index in [0.29, 0.717) is 0 Å². The zero-order chi connectivity index (χ0) is 21.4. The molecule has 4 rings (SSSR count). The second-order valence-corrected chi connectivity index (χ2v) is 10.0. The Morgan fingerprint density at radius 3 is 1.93 bits per heavy atom. The molecule has 0 aliphatic heterocycles. The first-order valence-electron chi connectivity index (χ1n) is 13.6. The lowest BCUT2D eigenvalue weighted by Gasteiger charge is -2.60. The SMILES string of the molecule is CC.CC.CC.CCCC1CCC2C3CCC4CCCCC4(C)C3CCC12C. The van der Waals surface area contributed by atoms with Gasteiger partial charge in [-0.2, -0.15) is 0 Å². The van der Waals surface area contributed by atoms with Crippen LogP contribution in [-0.2, 0) is 0 Å². The summed E-state index contributed by atoms with van der Waals surface area (Å²) in [4.78, 5) is 0. The standard InChI is InChI=1S/C22H38.3C2H6/c1-4-7-16-10-12-19-18-11-9-17-8-5-6-14-21(17,2)20(18)13-15-22(16,19)3;3*1-2/h16-20H,4-15H2,1-3H3;3*1-2H3. The summed E-state index contributed by atoms with van der Waals surface area (Å²) in [7, 11) is 0. The van der Waals surface area contributed by atoms with Crippen LogP contribution in [0.25, 0.3) is 0 Å². The minimum atomic E-state index is 0.717.